The molecule has 3 aromatic rings. The van der Waals surface area contributed by atoms with Crippen molar-refractivity contribution in [1.29, 1.82) is 0 Å². The number of anilines is 2. The highest BCUT2D eigenvalue weighted by atomic mass is 19.4. The van der Waals surface area contributed by atoms with Gasteiger partial charge in [-0.25, -0.2) is 0 Å². The third kappa shape index (κ3) is 9.78. The van der Waals surface area contributed by atoms with Crippen LogP contribution in [0.1, 0.15) is 79.3 Å². The van der Waals surface area contributed by atoms with E-state index in [1.807, 2.05) is 0 Å². The molecular weight excluding hydrogens is 671 g/mol. The van der Waals surface area contributed by atoms with Gasteiger partial charge < -0.3 is 14.9 Å². The first-order valence-electron chi connectivity index (χ1n) is 15.5. The van der Waals surface area contributed by atoms with Crippen LogP contribution in [0.15, 0.2) is 30.3 Å². The molecule has 8 nitrogen and oxygen atoms in total. The average Bonchev–Trinajstić information content (AvgIpc) is 3.41. The summed E-state index contributed by atoms with van der Waals surface area (Å²) in [6.07, 6.45) is -13.3. The van der Waals surface area contributed by atoms with Crippen LogP contribution in [0, 0.1) is 12.3 Å². The lowest BCUT2D eigenvalue weighted by Gasteiger charge is -2.33. The van der Waals surface area contributed by atoms with Crippen molar-refractivity contribution >= 4 is 17.6 Å². The van der Waals surface area contributed by atoms with Gasteiger partial charge in [0.2, 0.25) is 0 Å². The highest BCUT2D eigenvalue weighted by Crippen LogP contribution is 2.40. The zero-order valence-electron chi connectivity index (χ0n) is 27.3. The maximum absolute atomic E-state index is 14.2. The van der Waals surface area contributed by atoms with E-state index in [2.05, 4.69) is 15.4 Å². The van der Waals surface area contributed by atoms with Crippen LogP contribution in [0.5, 0.6) is 0 Å². The summed E-state index contributed by atoms with van der Waals surface area (Å²) in [4.78, 5) is 15.7. The molecular formula is C32H37F9N6O2. The standard InChI is InChI=1S/C32H37F9N6O2/c1-19-11-21-14-24(7-5-6-9-46(10-8-29(2,3)17-27(48)49)26(21)16-25(19)32(39,40)41)47(28-42-44-45(4)43-28)18-20-12-22(30(33,34)35)15-23(13-20)31(36,37)38/h11-13,15-16,24H,5-10,14,17-18H2,1-4H3,(H,48,49). The number of carbonyl (C=O) groups is 1. The van der Waals surface area contributed by atoms with Crippen molar-refractivity contribution < 1.29 is 49.4 Å². The lowest BCUT2D eigenvalue weighted by Crippen LogP contribution is -2.38. The summed E-state index contributed by atoms with van der Waals surface area (Å²) in [5, 5.41) is 21.3. The Bertz CT molecular complexity index is 1600. The molecule has 4 rings (SSSR count). The molecule has 1 aliphatic heterocycles. The summed E-state index contributed by atoms with van der Waals surface area (Å²) in [5.41, 5.74) is -4.13. The van der Waals surface area contributed by atoms with Crippen molar-refractivity contribution in [3.8, 4) is 0 Å². The monoisotopic (exact) mass is 708 g/mol. The van der Waals surface area contributed by atoms with Crippen LogP contribution < -0.4 is 9.80 Å². The second-order valence-electron chi connectivity index (χ2n) is 13.2. The van der Waals surface area contributed by atoms with E-state index < -0.39 is 59.2 Å². The third-order valence-corrected chi connectivity index (χ3v) is 8.63. The number of hydrogen-bond acceptors (Lipinski definition) is 6. The number of aryl methyl sites for hydroxylation is 2. The van der Waals surface area contributed by atoms with E-state index in [0.717, 1.165) is 10.9 Å². The smallest absolute Gasteiger partial charge is 0.416 e. The number of rotatable bonds is 9. The van der Waals surface area contributed by atoms with Crippen LogP contribution in [-0.2, 0) is 43.3 Å². The maximum atomic E-state index is 14.2. The minimum absolute atomic E-state index is 0.0397. The van der Waals surface area contributed by atoms with Crippen molar-refractivity contribution in [2.45, 2.75) is 90.4 Å². The van der Waals surface area contributed by atoms with Crippen LogP contribution in [0.3, 0.4) is 0 Å². The molecule has 2 aromatic carbocycles. The molecule has 1 aromatic heterocycles. The summed E-state index contributed by atoms with van der Waals surface area (Å²) in [7, 11) is 1.44. The first-order valence-corrected chi connectivity index (χ1v) is 15.5. The molecule has 0 saturated heterocycles. The molecule has 1 atom stereocenters. The Kier molecular flexibility index (Phi) is 10.8. The molecule has 0 amide bonds. The number of benzene rings is 2. The first-order chi connectivity index (χ1) is 22.5. The summed E-state index contributed by atoms with van der Waals surface area (Å²) in [6.45, 7) is 4.93. The van der Waals surface area contributed by atoms with Crippen molar-refractivity contribution in [3.05, 3.63) is 63.7 Å². The van der Waals surface area contributed by atoms with Gasteiger partial charge in [0.05, 0.1) is 30.2 Å². The van der Waals surface area contributed by atoms with Gasteiger partial charge in [-0.15, -0.1) is 5.10 Å². The molecule has 17 heteroatoms. The zero-order valence-corrected chi connectivity index (χ0v) is 27.3. The van der Waals surface area contributed by atoms with Crippen LogP contribution >= 0.6 is 0 Å². The predicted octanol–water partition coefficient (Wildman–Crippen LogP) is 8.07. The fourth-order valence-corrected chi connectivity index (χ4v) is 6.17. The Hall–Kier alpha value is -4.05. The minimum Gasteiger partial charge on any atom is -0.481 e. The molecule has 2 heterocycles. The van der Waals surface area contributed by atoms with Gasteiger partial charge in [0.15, 0.2) is 0 Å². The van der Waals surface area contributed by atoms with Crippen LogP contribution in [-0.4, -0.2) is 50.4 Å². The van der Waals surface area contributed by atoms with E-state index in [1.165, 1.54) is 24.9 Å². The number of aromatic nitrogens is 4. The number of tetrazole rings is 1. The van der Waals surface area contributed by atoms with Crippen molar-refractivity contribution in [3.63, 3.8) is 0 Å². The average molecular weight is 709 g/mol. The fraction of sp³-hybridized carbons (Fsp3) is 0.562. The van der Waals surface area contributed by atoms with Crippen molar-refractivity contribution in [1.82, 2.24) is 20.2 Å². The Morgan fingerprint density at radius 2 is 1.57 bits per heavy atom. The highest BCUT2D eigenvalue weighted by molar-refractivity contribution is 5.67. The van der Waals surface area contributed by atoms with Gasteiger partial charge in [-0.1, -0.05) is 25.0 Å². The first kappa shape index (κ1) is 37.8. The van der Waals surface area contributed by atoms with Gasteiger partial charge in [0, 0.05) is 31.4 Å². The molecule has 49 heavy (non-hydrogen) atoms. The zero-order chi connectivity index (χ0) is 36.5. The van der Waals surface area contributed by atoms with Crippen molar-refractivity contribution in [2.24, 2.45) is 12.5 Å². The molecule has 1 N–H and O–H groups in total. The molecule has 0 aliphatic carbocycles. The number of carboxylic acid groups (broad SMARTS) is 1. The van der Waals surface area contributed by atoms with Gasteiger partial charge in [0.25, 0.3) is 5.95 Å². The van der Waals surface area contributed by atoms with E-state index in [-0.39, 0.29) is 48.2 Å². The quantitative estimate of drug-likeness (QED) is 0.225. The van der Waals surface area contributed by atoms with Crippen LogP contribution in [0.25, 0.3) is 0 Å². The number of nitrogens with zero attached hydrogens (tertiary/aromatic N) is 6. The Labute approximate surface area is 276 Å². The third-order valence-electron chi connectivity index (χ3n) is 8.63. The molecule has 0 saturated carbocycles. The summed E-state index contributed by atoms with van der Waals surface area (Å²) in [6, 6.07) is 3.08. The number of alkyl halides is 9. The molecule has 1 aliphatic rings. The van der Waals surface area contributed by atoms with Gasteiger partial charge in [-0.05, 0) is 90.6 Å². The Morgan fingerprint density at radius 3 is 2.10 bits per heavy atom. The van der Waals surface area contributed by atoms with Crippen LogP contribution in [0.2, 0.25) is 0 Å². The molecule has 270 valence electrons. The molecule has 0 fully saturated rings. The second-order valence-corrected chi connectivity index (χ2v) is 13.2. The lowest BCUT2D eigenvalue weighted by molar-refractivity contribution is -0.143. The predicted molar refractivity (Wildman–Crippen MR) is 162 cm³/mol. The maximum Gasteiger partial charge on any atom is 0.416 e. The number of halogens is 9. The largest absolute Gasteiger partial charge is 0.481 e. The van der Waals surface area contributed by atoms with Gasteiger partial charge >= 0.3 is 24.5 Å². The Balaban J connectivity index is 1.81. The Morgan fingerprint density at radius 1 is 0.939 bits per heavy atom. The van der Waals surface area contributed by atoms with E-state index >= 15 is 0 Å². The van der Waals surface area contributed by atoms with Gasteiger partial charge in [0.1, 0.15) is 0 Å². The number of fused-ring (bicyclic) bond motifs is 1. The highest BCUT2D eigenvalue weighted by Gasteiger charge is 2.38. The summed E-state index contributed by atoms with van der Waals surface area (Å²) < 4.78 is 125. The fourth-order valence-electron chi connectivity index (χ4n) is 6.17. The molecule has 0 spiro atoms. The SMILES string of the molecule is Cc1cc2c(cc1C(F)(F)F)N(CCC(C)(C)CC(=O)O)CCCCC(N(Cc1cc(C(F)(F)F)cc(C(F)(F)F)c1)c1nnn(C)n1)C2. The summed E-state index contributed by atoms with van der Waals surface area (Å²) >= 11 is 0. The van der Waals surface area contributed by atoms with Crippen molar-refractivity contribution in [2.75, 3.05) is 22.9 Å². The van der Waals surface area contributed by atoms with Crippen LogP contribution in [0.4, 0.5) is 51.1 Å². The van der Waals surface area contributed by atoms with E-state index in [1.54, 1.807) is 18.7 Å². The topological polar surface area (TPSA) is 87.4 Å². The molecule has 1 unspecified atom stereocenters. The number of hydrogen-bond donors (Lipinski definition) is 1. The molecule has 0 bridgehead atoms. The van der Waals surface area contributed by atoms with Gasteiger partial charge in [-0.2, -0.15) is 44.3 Å². The second kappa shape index (κ2) is 14.1. The number of aliphatic carboxylic acids is 1. The molecule has 0 radical (unpaired) electrons. The summed E-state index contributed by atoms with van der Waals surface area (Å²) in [5.74, 6) is -1.08. The minimum atomic E-state index is -5.07. The number of carboxylic acids is 1. The van der Waals surface area contributed by atoms with E-state index in [0.29, 0.717) is 49.9 Å². The van der Waals surface area contributed by atoms with E-state index in [9.17, 15) is 49.4 Å². The lowest BCUT2D eigenvalue weighted by atomic mass is 9.85. The van der Waals surface area contributed by atoms with Gasteiger partial charge in [-0.3, -0.25) is 4.79 Å². The normalized spacial score (nSPS) is 16.5. The van der Waals surface area contributed by atoms with E-state index in [4.69, 9.17) is 0 Å².